The second-order valence-corrected chi connectivity index (χ2v) is 5.88. The van der Waals surface area contributed by atoms with Gasteiger partial charge in [0.1, 0.15) is 0 Å². The lowest BCUT2D eigenvalue weighted by Gasteiger charge is -2.23. The van der Waals surface area contributed by atoms with E-state index in [0.717, 1.165) is 29.4 Å². The predicted molar refractivity (Wildman–Crippen MR) is 84.3 cm³/mol. The predicted octanol–water partition coefficient (Wildman–Crippen LogP) is 3.71. The quantitative estimate of drug-likeness (QED) is 0.904. The van der Waals surface area contributed by atoms with Gasteiger partial charge >= 0.3 is 0 Å². The number of rotatable bonds is 4. The average Bonchev–Trinajstić information content (AvgIpc) is 2.84. The van der Waals surface area contributed by atoms with E-state index in [2.05, 4.69) is 55.8 Å². The number of fused-ring (bicyclic) bond motifs is 1. The van der Waals surface area contributed by atoms with E-state index in [1.807, 2.05) is 6.20 Å². The van der Waals surface area contributed by atoms with Gasteiger partial charge in [-0.05, 0) is 36.5 Å². The number of hydrogen-bond donors (Lipinski definition) is 1. The first-order valence-corrected chi connectivity index (χ1v) is 7.30. The van der Waals surface area contributed by atoms with Crippen molar-refractivity contribution in [2.75, 3.05) is 7.05 Å². The molecule has 1 N–H and O–H groups in total. The summed E-state index contributed by atoms with van der Waals surface area (Å²) in [7, 11) is 1.68. The van der Waals surface area contributed by atoms with E-state index in [-0.39, 0.29) is 11.3 Å². The maximum atomic E-state index is 12.1. The van der Waals surface area contributed by atoms with Gasteiger partial charge in [-0.25, -0.2) is 0 Å². The summed E-state index contributed by atoms with van der Waals surface area (Å²) in [4.78, 5) is 12.1. The first-order valence-electron chi connectivity index (χ1n) is 7.30. The van der Waals surface area contributed by atoms with Crippen molar-refractivity contribution in [3.8, 4) is 0 Å². The summed E-state index contributed by atoms with van der Waals surface area (Å²) in [6.45, 7) is 9.64. The molecule has 0 atom stereocenters. The van der Waals surface area contributed by atoms with Gasteiger partial charge in [0.2, 0.25) is 0 Å². The molecule has 20 heavy (non-hydrogen) atoms. The zero-order valence-corrected chi connectivity index (χ0v) is 13.1. The van der Waals surface area contributed by atoms with E-state index in [0.29, 0.717) is 0 Å². The summed E-state index contributed by atoms with van der Waals surface area (Å²) in [5.41, 5.74) is 3.30. The number of hydrogen-bond acceptors (Lipinski definition) is 1. The van der Waals surface area contributed by atoms with Crippen LogP contribution in [0, 0.1) is 0 Å². The monoisotopic (exact) mass is 272 g/mol. The molecule has 3 nitrogen and oxygen atoms in total. The molecule has 0 saturated carbocycles. The molecule has 0 saturated heterocycles. The molecule has 0 aliphatic carbocycles. The summed E-state index contributed by atoms with van der Waals surface area (Å²) in [6, 6.07) is 6.50. The molecule has 1 aromatic carbocycles. The minimum atomic E-state index is -0.0198. The van der Waals surface area contributed by atoms with Crippen molar-refractivity contribution in [1.82, 2.24) is 9.88 Å². The minimum absolute atomic E-state index is 0.0198. The van der Waals surface area contributed by atoms with Gasteiger partial charge in [0.05, 0.1) is 5.56 Å². The molecular weight excluding hydrogens is 248 g/mol. The van der Waals surface area contributed by atoms with Gasteiger partial charge in [0.25, 0.3) is 5.91 Å². The molecule has 0 spiro atoms. The number of nitrogens with one attached hydrogen (secondary N) is 1. The molecule has 1 aromatic heterocycles. The number of carbonyl (C=O) groups excluding carboxylic acids is 1. The van der Waals surface area contributed by atoms with E-state index < -0.39 is 0 Å². The summed E-state index contributed by atoms with van der Waals surface area (Å²) >= 11 is 0. The Morgan fingerprint density at radius 3 is 2.55 bits per heavy atom. The highest BCUT2D eigenvalue weighted by molar-refractivity contribution is 6.07. The lowest BCUT2D eigenvalue weighted by Crippen LogP contribution is -2.18. The first kappa shape index (κ1) is 14.6. The Hall–Kier alpha value is -1.77. The topological polar surface area (TPSA) is 34.0 Å². The fourth-order valence-corrected chi connectivity index (χ4v) is 2.50. The van der Waals surface area contributed by atoms with Gasteiger partial charge in [0, 0.05) is 30.7 Å². The third-order valence-electron chi connectivity index (χ3n) is 4.36. The van der Waals surface area contributed by atoms with Crippen LogP contribution >= 0.6 is 0 Å². The Kier molecular flexibility index (Phi) is 3.89. The van der Waals surface area contributed by atoms with Gasteiger partial charge in [-0.1, -0.05) is 26.8 Å². The number of benzene rings is 1. The molecule has 0 radical (unpaired) electrons. The highest BCUT2D eigenvalue weighted by atomic mass is 16.1. The minimum Gasteiger partial charge on any atom is -0.355 e. The largest absolute Gasteiger partial charge is 0.355 e. The maximum Gasteiger partial charge on any atom is 0.253 e. The Labute approximate surface area is 121 Å². The van der Waals surface area contributed by atoms with E-state index >= 15 is 0 Å². The van der Waals surface area contributed by atoms with Crippen molar-refractivity contribution in [1.29, 1.82) is 0 Å². The van der Waals surface area contributed by atoms with Gasteiger partial charge in [-0.2, -0.15) is 0 Å². The van der Waals surface area contributed by atoms with E-state index in [1.54, 1.807) is 7.05 Å². The fourth-order valence-electron chi connectivity index (χ4n) is 2.50. The maximum absolute atomic E-state index is 12.1. The molecule has 0 bridgehead atoms. The SMILES string of the molecule is CCn1cc(C(=O)NC)c2cc(C(C)(C)CC)ccc21. The zero-order valence-electron chi connectivity index (χ0n) is 13.1. The standard InChI is InChI=1S/C17H24N2O/c1-6-17(3,4)12-8-9-15-13(10-12)14(16(20)18-5)11-19(15)7-2/h8-11H,6-7H2,1-5H3,(H,18,20). The average molecular weight is 272 g/mol. The van der Waals surface area contributed by atoms with Crippen molar-refractivity contribution in [3.63, 3.8) is 0 Å². The Morgan fingerprint density at radius 1 is 1.30 bits per heavy atom. The summed E-state index contributed by atoms with van der Waals surface area (Å²) in [5.74, 6) is -0.0198. The van der Waals surface area contributed by atoms with E-state index in [4.69, 9.17) is 0 Å². The third kappa shape index (κ3) is 2.33. The number of amides is 1. The van der Waals surface area contributed by atoms with E-state index in [1.165, 1.54) is 5.56 Å². The van der Waals surface area contributed by atoms with Crippen LogP contribution in [-0.2, 0) is 12.0 Å². The van der Waals surface area contributed by atoms with Crippen LogP contribution in [0.1, 0.15) is 50.0 Å². The van der Waals surface area contributed by atoms with Crippen LogP contribution in [-0.4, -0.2) is 17.5 Å². The number of aryl methyl sites for hydroxylation is 1. The van der Waals surface area contributed by atoms with Crippen molar-refractivity contribution >= 4 is 16.8 Å². The number of carbonyl (C=O) groups is 1. The lowest BCUT2D eigenvalue weighted by molar-refractivity contribution is 0.0964. The molecule has 2 rings (SSSR count). The number of nitrogens with zero attached hydrogens (tertiary/aromatic N) is 1. The first-order chi connectivity index (χ1) is 9.44. The molecule has 0 aliphatic rings. The van der Waals surface area contributed by atoms with Crippen LogP contribution < -0.4 is 5.32 Å². The van der Waals surface area contributed by atoms with Crippen molar-refractivity contribution in [2.45, 2.75) is 46.1 Å². The van der Waals surface area contributed by atoms with Crippen LogP contribution in [0.4, 0.5) is 0 Å². The van der Waals surface area contributed by atoms with Gasteiger partial charge < -0.3 is 9.88 Å². The van der Waals surface area contributed by atoms with E-state index in [9.17, 15) is 4.79 Å². The van der Waals surface area contributed by atoms with Crippen LogP contribution in [0.25, 0.3) is 10.9 Å². The van der Waals surface area contributed by atoms with Gasteiger partial charge in [0.15, 0.2) is 0 Å². The molecule has 1 amide bonds. The van der Waals surface area contributed by atoms with Gasteiger partial charge in [-0.3, -0.25) is 4.79 Å². The summed E-state index contributed by atoms with van der Waals surface area (Å²) < 4.78 is 2.13. The molecule has 3 heteroatoms. The Bertz CT molecular complexity index is 638. The van der Waals surface area contributed by atoms with Crippen LogP contribution in [0.5, 0.6) is 0 Å². The number of aromatic nitrogens is 1. The second kappa shape index (κ2) is 5.31. The molecule has 0 unspecified atom stereocenters. The zero-order chi connectivity index (χ0) is 14.9. The van der Waals surface area contributed by atoms with Crippen molar-refractivity contribution in [3.05, 3.63) is 35.5 Å². The fraction of sp³-hybridized carbons (Fsp3) is 0.471. The van der Waals surface area contributed by atoms with Crippen molar-refractivity contribution < 1.29 is 4.79 Å². The van der Waals surface area contributed by atoms with Crippen LogP contribution in [0.3, 0.4) is 0 Å². The lowest BCUT2D eigenvalue weighted by atomic mass is 9.82. The summed E-state index contributed by atoms with van der Waals surface area (Å²) in [6.07, 6.45) is 3.02. The summed E-state index contributed by atoms with van der Waals surface area (Å²) in [5, 5.41) is 3.78. The molecule has 0 aliphatic heterocycles. The van der Waals surface area contributed by atoms with Crippen LogP contribution in [0.2, 0.25) is 0 Å². The van der Waals surface area contributed by atoms with Crippen LogP contribution in [0.15, 0.2) is 24.4 Å². The van der Waals surface area contributed by atoms with Crippen molar-refractivity contribution in [2.24, 2.45) is 0 Å². The third-order valence-corrected chi connectivity index (χ3v) is 4.36. The second-order valence-electron chi connectivity index (χ2n) is 5.88. The highest BCUT2D eigenvalue weighted by Gasteiger charge is 2.21. The normalized spacial score (nSPS) is 11.8. The Balaban J connectivity index is 2.69. The Morgan fingerprint density at radius 2 is 2.00 bits per heavy atom. The highest BCUT2D eigenvalue weighted by Crippen LogP contribution is 2.31. The van der Waals surface area contributed by atoms with Gasteiger partial charge in [-0.15, -0.1) is 0 Å². The smallest absolute Gasteiger partial charge is 0.253 e. The molecule has 2 aromatic rings. The molecule has 1 heterocycles. The molecular formula is C17H24N2O. The molecule has 108 valence electrons. The molecule has 0 fully saturated rings.